The fourth-order valence-electron chi connectivity index (χ4n) is 2.27. The Hall–Kier alpha value is -2.98. The van der Waals surface area contributed by atoms with Gasteiger partial charge in [0.15, 0.2) is 11.5 Å². The summed E-state index contributed by atoms with van der Waals surface area (Å²) < 4.78 is 45.4. The highest BCUT2D eigenvalue weighted by molar-refractivity contribution is 7.89. The Morgan fingerprint density at radius 3 is 2.54 bits per heavy atom. The molecule has 26 heavy (non-hydrogen) atoms. The summed E-state index contributed by atoms with van der Waals surface area (Å²) in [6.45, 7) is 0.0721. The molecule has 0 spiro atoms. The number of fused-ring (bicyclic) bond motifs is 1. The normalized spacial score (nSPS) is 12.5. The molecule has 0 saturated heterocycles. The number of methoxy groups -OCH3 is 2. The predicted octanol–water partition coefficient (Wildman–Crippen LogP) is 1.06. The second-order valence-electron chi connectivity index (χ2n) is 5.14. The van der Waals surface area contributed by atoms with Crippen LogP contribution in [0.4, 0.5) is 0 Å². The fourth-order valence-corrected chi connectivity index (χ4v) is 3.30. The number of hydrogen-bond acceptors (Lipinski definition) is 7. The van der Waals surface area contributed by atoms with Crippen LogP contribution in [0.25, 0.3) is 0 Å². The highest BCUT2D eigenvalue weighted by atomic mass is 32.2. The lowest BCUT2D eigenvalue weighted by molar-refractivity contribution is 0.0944. The first-order chi connectivity index (χ1) is 12.4. The first-order valence-corrected chi connectivity index (χ1v) is 8.87. The molecule has 1 aliphatic rings. The Morgan fingerprint density at radius 1 is 1.04 bits per heavy atom. The number of ether oxygens (including phenoxy) is 4. The Morgan fingerprint density at radius 2 is 1.81 bits per heavy atom. The molecule has 2 N–H and O–H groups in total. The summed E-state index contributed by atoms with van der Waals surface area (Å²) >= 11 is 0. The van der Waals surface area contributed by atoms with Gasteiger partial charge < -0.3 is 18.9 Å². The highest BCUT2D eigenvalue weighted by Crippen LogP contribution is 2.32. The van der Waals surface area contributed by atoms with Gasteiger partial charge in [-0.25, -0.2) is 8.42 Å². The van der Waals surface area contributed by atoms with Crippen LogP contribution >= 0.6 is 0 Å². The molecule has 10 heteroatoms. The molecule has 0 radical (unpaired) electrons. The van der Waals surface area contributed by atoms with Crippen LogP contribution in [0.15, 0.2) is 41.3 Å². The lowest BCUT2D eigenvalue weighted by Gasteiger charge is -2.13. The molecule has 1 amide bonds. The van der Waals surface area contributed by atoms with E-state index in [4.69, 9.17) is 18.9 Å². The molecular formula is C16H16N2O7S. The maximum absolute atomic E-state index is 12.5. The summed E-state index contributed by atoms with van der Waals surface area (Å²) in [6, 6.07) is 8.81. The van der Waals surface area contributed by atoms with Gasteiger partial charge in [-0.3, -0.25) is 10.2 Å². The lowest BCUT2D eigenvalue weighted by atomic mass is 10.2. The van der Waals surface area contributed by atoms with Crippen LogP contribution in [0.3, 0.4) is 0 Å². The average Bonchev–Trinajstić information content (AvgIpc) is 3.13. The largest absolute Gasteiger partial charge is 0.497 e. The van der Waals surface area contributed by atoms with Crippen molar-refractivity contribution in [1.82, 2.24) is 10.3 Å². The standard InChI is InChI=1S/C16H16N2O7S/c1-22-11-4-6-13(23-2)15(8-11)26(20,21)18-17-16(19)10-3-5-12-14(7-10)25-9-24-12/h3-8,18H,9H2,1-2H3,(H,17,19). The van der Waals surface area contributed by atoms with Gasteiger partial charge in [-0.1, -0.05) is 0 Å². The molecule has 1 aliphatic heterocycles. The van der Waals surface area contributed by atoms with Crippen LogP contribution < -0.4 is 29.2 Å². The quantitative estimate of drug-likeness (QED) is 0.721. The number of benzene rings is 2. The molecule has 0 unspecified atom stereocenters. The number of hydrazine groups is 1. The van der Waals surface area contributed by atoms with Crippen LogP contribution in [0.1, 0.15) is 10.4 Å². The molecule has 1 heterocycles. The highest BCUT2D eigenvalue weighted by Gasteiger charge is 2.22. The van der Waals surface area contributed by atoms with Crippen molar-refractivity contribution in [3.63, 3.8) is 0 Å². The summed E-state index contributed by atoms with van der Waals surface area (Å²) in [5, 5.41) is 0. The monoisotopic (exact) mass is 380 g/mol. The molecule has 0 fully saturated rings. The number of amides is 1. The van der Waals surface area contributed by atoms with Gasteiger partial charge in [0.1, 0.15) is 16.4 Å². The third-order valence-electron chi connectivity index (χ3n) is 3.59. The number of sulfonamides is 1. The van der Waals surface area contributed by atoms with Crippen molar-refractivity contribution in [3.05, 3.63) is 42.0 Å². The van der Waals surface area contributed by atoms with Gasteiger partial charge in [0.25, 0.3) is 15.9 Å². The molecule has 9 nitrogen and oxygen atoms in total. The van der Waals surface area contributed by atoms with Crippen LogP contribution in [0.2, 0.25) is 0 Å². The summed E-state index contributed by atoms with van der Waals surface area (Å²) in [7, 11) is -1.34. The Kier molecular flexibility index (Phi) is 4.87. The van der Waals surface area contributed by atoms with Gasteiger partial charge in [0.05, 0.1) is 14.2 Å². The van der Waals surface area contributed by atoms with Gasteiger partial charge >= 0.3 is 0 Å². The third-order valence-corrected chi connectivity index (χ3v) is 4.86. The molecule has 138 valence electrons. The fraction of sp³-hybridized carbons (Fsp3) is 0.188. The smallest absolute Gasteiger partial charge is 0.266 e. The summed E-state index contributed by atoms with van der Waals surface area (Å²) in [4.78, 5) is 14.1. The van der Waals surface area contributed by atoms with E-state index in [-0.39, 0.29) is 23.0 Å². The van der Waals surface area contributed by atoms with E-state index in [9.17, 15) is 13.2 Å². The number of nitrogens with one attached hydrogen (secondary N) is 2. The van der Waals surface area contributed by atoms with Crippen molar-refractivity contribution in [2.75, 3.05) is 21.0 Å². The van der Waals surface area contributed by atoms with Crippen molar-refractivity contribution in [1.29, 1.82) is 0 Å². The van der Waals surface area contributed by atoms with Crippen molar-refractivity contribution >= 4 is 15.9 Å². The molecule has 0 saturated carbocycles. The van der Waals surface area contributed by atoms with E-state index in [0.717, 1.165) is 0 Å². The summed E-state index contributed by atoms with van der Waals surface area (Å²) in [5.74, 6) is 0.704. The number of rotatable bonds is 6. The predicted molar refractivity (Wildman–Crippen MR) is 89.9 cm³/mol. The Balaban J connectivity index is 1.77. The second-order valence-corrected chi connectivity index (χ2v) is 6.80. The average molecular weight is 380 g/mol. The van der Waals surface area contributed by atoms with E-state index < -0.39 is 15.9 Å². The van der Waals surface area contributed by atoms with E-state index in [1.165, 1.54) is 38.5 Å². The molecule has 0 aliphatic carbocycles. The van der Waals surface area contributed by atoms with E-state index in [0.29, 0.717) is 17.2 Å². The zero-order valence-corrected chi connectivity index (χ0v) is 14.8. The first kappa shape index (κ1) is 17.8. The summed E-state index contributed by atoms with van der Waals surface area (Å²) in [5.41, 5.74) is 2.35. The van der Waals surface area contributed by atoms with Crippen LogP contribution in [0.5, 0.6) is 23.0 Å². The molecule has 0 aromatic heterocycles. The van der Waals surface area contributed by atoms with Gasteiger partial charge in [0, 0.05) is 11.6 Å². The van der Waals surface area contributed by atoms with E-state index in [1.54, 1.807) is 12.1 Å². The van der Waals surface area contributed by atoms with Gasteiger partial charge in [-0.2, -0.15) is 0 Å². The Labute approximate surface area is 149 Å². The lowest BCUT2D eigenvalue weighted by Crippen LogP contribution is -2.41. The minimum atomic E-state index is -4.09. The topological polar surface area (TPSA) is 112 Å². The van der Waals surface area contributed by atoms with Gasteiger partial charge in [-0.05, 0) is 30.3 Å². The second kappa shape index (κ2) is 7.10. The maximum Gasteiger partial charge on any atom is 0.266 e. The zero-order chi connectivity index (χ0) is 18.7. The Bertz CT molecular complexity index is 944. The first-order valence-electron chi connectivity index (χ1n) is 7.38. The van der Waals surface area contributed by atoms with Crippen molar-refractivity contribution in [2.24, 2.45) is 0 Å². The van der Waals surface area contributed by atoms with Gasteiger partial charge in [-0.15, -0.1) is 4.83 Å². The molecule has 2 aromatic carbocycles. The third kappa shape index (κ3) is 3.51. The molecule has 0 bridgehead atoms. The van der Waals surface area contributed by atoms with Crippen LogP contribution in [-0.2, 0) is 10.0 Å². The van der Waals surface area contributed by atoms with E-state index in [2.05, 4.69) is 5.43 Å². The number of hydrogen-bond donors (Lipinski definition) is 2. The molecule has 2 aromatic rings. The molecule has 0 atom stereocenters. The molecule has 3 rings (SSSR count). The van der Waals surface area contributed by atoms with Crippen molar-refractivity contribution in [3.8, 4) is 23.0 Å². The number of carbonyl (C=O) groups is 1. The zero-order valence-electron chi connectivity index (χ0n) is 13.9. The minimum absolute atomic E-state index is 0.0721. The van der Waals surface area contributed by atoms with E-state index >= 15 is 0 Å². The van der Waals surface area contributed by atoms with E-state index in [1.807, 2.05) is 4.83 Å². The number of carbonyl (C=O) groups excluding carboxylic acids is 1. The van der Waals surface area contributed by atoms with Gasteiger partial charge in [0.2, 0.25) is 6.79 Å². The SMILES string of the molecule is COc1ccc(OC)c(S(=O)(=O)NNC(=O)c2ccc3c(c2)OCO3)c1. The summed E-state index contributed by atoms with van der Waals surface area (Å²) in [6.07, 6.45) is 0. The molecular weight excluding hydrogens is 364 g/mol. The minimum Gasteiger partial charge on any atom is -0.497 e. The maximum atomic E-state index is 12.5. The van der Waals surface area contributed by atoms with Crippen molar-refractivity contribution < 1.29 is 32.2 Å². The van der Waals surface area contributed by atoms with Crippen LogP contribution in [-0.4, -0.2) is 35.3 Å². The van der Waals surface area contributed by atoms with Crippen molar-refractivity contribution in [2.45, 2.75) is 4.90 Å². The van der Waals surface area contributed by atoms with Crippen LogP contribution in [0, 0.1) is 0 Å².